The van der Waals surface area contributed by atoms with Crippen molar-refractivity contribution in [2.24, 2.45) is 0 Å². The van der Waals surface area contributed by atoms with Crippen LogP contribution in [0.4, 0.5) is 11.4 Å². The van der Waals surface area contributed by atoms with Crippen LogP contribution in [0.1, 0.15) is 23.6 Å². The fraction of sp³-hybridized carbons (Fsp3) is 0.417. The first-order chi connectivity index (χ1) is 8.36. The predicted molar refractivity (Wildman–Crippen MR) is 72.0 cm³/mol. The zero-order chi connectivity index (χ0) is 13.6. The third-order valence-electron chi connectivity index (χ3n) is 3.39. The van der Waals surface area contributed by atoms with Crippen molar-refractivity contribution in [3.8, 4) is 0 Å². The molecule has 0 saturated heterocycles. The van der Waals surface area contributed by atoms with Crippen LogP contribution in [0.15, 0.2) is 4.47 Å². The molecule has 1 aliphatic heterocycles. The third kappa shape index (κ3) is 1.71. The molecule has 1 amide bonds. The third-order valence-corrected chi connectivity index (χ3v) is 4.58. The topological polar surface area (TPSA) is 63.5 Å². The summed E-state index contributed by atoms with van der Waals surface area (Å²) in [6.07, 6.45) is 0.667. The molecule has 0 fully saturated rings. The van der Waals surface area contributed by atoms with Crippen molar-refractivity contribution in [3.63, 3.8) is 0 Å². The standard InChI is InChI=1S/C12H13BrN2O3/c1-6-9-4-5-14(8(3)16)12(9)11(15(17)18)7(2)10(6)13/h4-5H2,1-3H3. The first kappa shape index (κ1) is 13.0. The molecule has 0 atom stereocenters. The molecule has 0 spiro atoms. The smallest absolute Gasteiger partial charge is 0.297 e. The van der Waals surface area contributed by atoms with E-state index in [-0.39, 0.29) is 11.6 Å². The molecule has 1 aromatic rings. The summed E-state index contributed by atoms with van der Waals surface area (Å²) in [4.78, 5) is 23.9. The summed E-state index contributed by atoms with van der Waals surface area (Å²) in [5.41, 5.74) is 2.97. The SMILES string of the molecule is CC(=O)N1CCc2c(C)c(Br)c(C)c([N+](=O)[O-])c21. The highest BCUT2D eigenvalue weighted by Gasteiger charge is 2.35. The molecule has 0 unspecified atom stereocenters. The maximum absolute atomic E-state index is 11.6. The molecule has 1 aliphatic rings. The maximum Gasteiger partial charge on any atom is 0.297 e. The first-order valence-corrected chi connectivity index (χ1v) is 6.39. The van der Waals surface area contributed by atoms with Gasteiger partial charge < -0.3 is 4.90 Å². The van der Waals surface area contributed by atoms with Gasteiger partial charge in [0.1, 0.15) is 5.69 Å². The molecule has 0 aromatic heterocycles. The summed E-state index contributed by atoms with van der Waals surface area (Å²) in [6, 6.07) is 0. The molecule has 0 bridgehead atoms. The second kappa shape index (κ2) is 4.35. The molecule has 1 heterocycles. The average molecular weight is 313 g/mol. The van der Waals surface area contributed by atoms with Crippen LogP contribution in [-0.4, -0.2) is 17.4 Å². The Balaban J connectivity index is 2.82. The Bertz CT molecular complexity index is 569. The number of rotatable bonds is 1. The Labute approximate surface area is 113 Å². The molecule has 1 aromatic carbocycles. The predicted octanol–water partition coefficient (Wildman–Crippen LogP) is 2.88. The molecule has 0 aliphatic carbocycles. The molecule has 6 heteroatoms. The summed E-state index contributed by atoms with van der Waals surface area (Å²) in [5.74, 6) is -0.155. The Morgan fingerprint density at radius 1 is 1.39 bits per heavy atom. The monoisotopic (exact) mass is 312 g/mol. The Morgan fingerprint density at radius 2 is 2.00 bits per heavy atom. The maximum atomic E-state index is 11.6. The minimum Gasteiger partial charge on any atom is -0.306 e. The number of carbonyl (C=O) groups is 1. The zero-order valence-corrected chi connectivity index (χ0v) is 12.0. The van der Waals surface area contributed by atoms with E-state index in [2.05, 4.69) is 15.9 Å². The number of nitrogens with zero attached hydrogens (tertiary/aromatic N) is 2. The van der Waals surface area contributed by atoms with Crippen LogP contribution in [-0.2, 0) is 11.2 Å². The number of nitro benzene ring substituents is 1. The number of anilines is 1. The molecule has 18 heavy (non-hydrogen) atoms. The number of halogens is 1. The van der Waals surface area contributed by atoms with E-state index < -0.39 is 4.92 Å². The molecule has 0 N–H and O–H groups in total. The average Bonchev–Trinajstić information content (AvgIpc) is 2.70. The van der Waals surface area contributed by atoms with Gasteiger partial charge in [0, 0.05) is 23.5 Å². The molecular weight excluding hydrogens is 300 g/mol. The highest BCUT2D eigenvalue weighted by molar-refractivity contribution is 9.10. The fourth-order valence-electron chi connectivity index (χ4n) is 2.49. The molecule has 96 valence electrons. The Hall–Kier alpha value is -1.43. The van der Waals surface area contributed by atoms with E-state index in [1.54, 1.807) is 6.92 Å². The summed E-state index contributed by atoms with van der Waals surface area (Å²) < 4.78 is 0.762. The molecule has 0 radical (unpaired) electrons. The van der Waals surface area contributed by atoms with Crippen LogP contribution in [0.3, 0.4) is 0 Å². The number of nitro groups is 1. The molecular formula is C12H13BrN2O3. The van der Waals surface area contributed by atoms with Crippen LogP contribution in [0, 0.1) is 24.0 Å². The first-order valence-electron chi connectivity index (χ1n) is 5.60. The van der Waals surface area contributed by atoms with E-state index in [0.29, 0.717) is 24.2 Å². The highest BCUT2D eigenvalue weighted by Crippen LogP contribution is 2.45. The summed E-state index contributed by atoms with van der Waals surface area (Å²) >= 11 is 3.40. The van der Waals surface area contributed by atoms with Gasteiger partial charge >= 0.3 is 0 Å². The molecule has 5 nitrogen and oxygen atoms in total. The number of amides is 1. The lowest BCUT2D eigenvalue weighted by Gasteiger charge is -2.17. The lowest BCUT2D eigenvalue weighted by Crippen LogP contribution is -2.26. The van der Waals surface area contributed by atoms with E-state index in [4.69, 9.17) is 0 Å². The van der Waals surface area contributed by atoms with Gasteiger partial charge in [-0.3, -0.25) is 14.9 Å². The molecule has 0 saturated carbocycles. The van der Waals surface area contributed by atoms with E-state index in [0.717, 1.165) is 15.6 Å². The van der Waals surface area contributed by atoms with Crippen LogP contribution in [0.25, 0.3) is 0 Å². The summed E-state index contributed by atoms with van der Waals surface area (Å²) in [6.45, 7) is 5.57. The fourth-order valence-corrected chi connectivity index (χ4v) is 2.91. The van der Waals surface area contributed by atoms with Gasteiger partial charge in [-0.05, 0) is 47.3 Å². The van der Waals surface area contributed by atoms with Gasteiger partial charge in [0.05, 0.1) is 4.92 Å². The van der Waals surface area contributed by atoms with Gasteiger partial charge in [0.25, 0.3) is 5.69 Å². The minimum absolute atomic E-state index is 0.0372. The van der Waals surface area contributed by atoms with E-state index in [1.165, 1.54) is 11.8 Å². The van der Waals surface area contributed by atoms with Gasteiger partial charge in [0.2, 0.25) is 5.91 Å². The van der Waals surface area contributed by atoms with Crippen molar-refractivity contribution < 1.29 is 9.72 Å². The number of carbonyl (C=O) groups excluding carboxylic acids is 1. The second-order valence-electron chi connectivity index (χ2n) is 4.42. The largest absolute Gasteiger partial charge is 0.306 e. The minimum atomic E-state index is -0.403. The van der Waals surface area contributed by atoms with Gasteiger partial charge in [0.15, 0.2) is 0 Å². The van der Waals surface area contributed by atoms with Crippen LogP contribution >= 0.6 is 15.9 Å². The number of fused-ring (bicyclic) bond motifs is 1. The number of benzene rings is 1. The van der Waals surface area contributed by atoms with Crippen molar-refractivity contribution in [2.45, 2.75) is 27.2 Å². The van der Waals surface area contributed by atoms with Crippen molar-refractivity contribution in [1.82, 2.24) is 0 Å². The van der Waals surface area contributed by atoms with Crippen LogP contribution in [0.5, 0.6) is 0 Å². The van der Waals surface area contributed by atoms with Crippen molar-refractivity contribution in [3.05, 3.63) is 31.3 Å². The number of hydrogen-bond acceptors (Lipinski definition) is 3. The Morgan fingerprint density at radius 3 is 2.50 bits per heavy atom. The van der Waals surface area contributed by atoms with E-state index in [1.807, 2.05) is 6.92 Å². The van der Waals surface area contributed by atoms with E-state index >= 15 is 0 Å². The number of hydrogen-bond donors (Lipinski definition) is 0. The van der Waals surface area contributed by atoms with E-state index in [9.17, 15) is 14.9 Å². The summed E-state index contributed by atoms with van der Waals surface area (Å²) in [5, 5.41) is 11.3. The molecule has 2 rings (SSSR count). The highest BCUT2D eigenvalue weighted by atomic mass is 79.9. The van der Waals surface area contributed by atoms with Crippen molar-refractivity contribution in [1.29, 1.82) is 0 Å². The lowest BCUT2D eigenvalue weighted by atomic mass is 10.0. The van der Waals surface area contributed by atoms with Gasteiger partial charge in [-0.2, -0.15) is 0 Å². The quantitative estimate of drug-likeness (QED) is 0.591. The van der Waals surface area contributed by atoms with Gasteiger partial charge in [-0.15, -0.1) is 0 Å². The Kier molecular flexibility index (Phi) is 3.14. The lowest BCUT2D eigenvalue weighted by molar-refractivity contribution is -0.384. The second-order valence-corrected chi connectivity index (χ2v) is 5.21. The van der Waals surface area contributed by atoms with Gasteiger partial charge in [-0.1, -0.05) is 0 Å². The van der Waals surface area contributed by atoms with Crippen molar-refractivity contribution >= 4 is 33.2 Å². The summed E-state index contributed by atoms with van der Waals surface area (Å²) in [7, 11) is 0. The van der Waals surface area contributed by atoms with Crippen LogP contribution < -0.4 is 4.90 Å². The van der Waals surface area contributed by atoms with Crippen molar-refractivity contribution in [2.75, 3.05) is 11.4 Å². The van der Waals surface area contributed by atoms with Gasteiger partial charge in [-0.25, -0.2) is 0 Å². The van der Waals surface area contributed by atoms with Crippen LogP contribution in [0.2, 0.25) is 0 Å². The normalized spacial score (nSPS) is 13.7. The zero-order valence-electron chi connectivity index (χ0n) is 10.4.